The summed E-state index contributed by atoms with van der Waals surface area (Å²) in [6.45, 7) is 1.78. The van der Waals surface area contributed by atoms with Gasteiger partial charge in [0.25, 0.3) is 17.4 Å². The molecule has 0 spiro atoms. The SMILES string of the molecule is COc1cccc(-n2c(N)c3c(cc2=O)C(=O)NC3=O)c1C. The Labute approximate surface area is 125 Å². The van der Waals surface area contributed by atoms with Gasteiger partial charge in [-0.15, -0.1) is 0 Å². The second-order valence-corrected chi connectivity index (χ2v) is 4.88. The number of aromatic nitrogens is 1. The molecule has 0 fully saturated rings. The van der Waals surface area contributed by atoms with E-state index >= 15 is 0 Å². The fraction of sp³-hybridized carbons (Fsp3) is 0.133. The van der Waals surface area contributed by atoms with Crippen LogP contribution >= 0.6 is 0 Å². The van der Waals surface area contributed by atoms with Crippen LogP contribution in [-0.2, 0) is 0 Å². The van der Waals surface area contributed by atoms with Crippen molar-refractivity contribution < 1.29 is 14.3 Å². The molecule has 0 unspecified atom stereocenters. The standard InChI is InChI=1S/C15H13N3O4/c1-7-9(4-3-5-10(7)22-2)18-11(19)6-8-12(13(18)16)15(21)17-14(8)20/h3-6H,16H2,1-2H3,(H,17,20,21). The fourth-order valence-corrected chi connectivity index (χ4v) is 2.59. The molecule has 2 amide bonds. The molecule has 0 radical (unpaired) electrons. The van der Waals surface area contributed by atoms with Gasteiger partial charge in [0, 0.05) is 11.6 Å². The van der Waals surface area contributed by atoms with Gasteiger partial charge in [0.2, 0.25) is 0 Å². The first-order valence-electron chi connectivity index (χ1n) is 6.51. The molecule has 0 aliphatic carbocycles. The van der Waals surface area contributed by atoms with Crippen LogP contribution < -0.4 is 21.3 Å². The lowest BCUT2D eigenvalue weighted by atomic mass is 10.1. The number of hydrogen-bond acceptors (Lipinski definition) is 5. The predicted octanol–water partition coefficient (Wildman–Crippen LogP) is 0.620. The number of carbonyl (C=O) groups excluding carboxylic acids is 2. The molecule has 1 aliphatic heterocycles. The third-order valence-electron chi connectivity index (χ3n) is 3.67. The van der Waals surface area contributed by atoms with Crippen molar-refractivity contribution >= 4 is 17.6 Å². The highest BCUT2D eigenvalue weighted by atomic mass is 16.5. The number of nitrogens with one attached hydrogen (secondary N) is 1. The maximum atomic E-state index is 12.4. The molecule has 22 heavy (non-hydrogen) atoms. The lowest BCUT2D eigenvalue weighted by Gasteiger charge is -2.15. The summed E-state index contributed by atoms with van der Waals surface area (Å²) in [5.74, 6) is -0.697. The molecule has 3 rings (SSSR count). The molecular weight excluding hydrogens is 286 g/mol. The summed E-state index contributed by atoms with van der Waals surface area (Å²) in [6.07, 6.45) is 0. The van der Waals surface area contributed by atoms with Crippen molar-refractivity contribution in [1.82, 2.24) is 9.88 Å². The number of nitrogens with two attached hydrogens (primary N) is 1. The Bertz CT molecular complexity index is 883. The smallest absolute Gasteiger partial charge is 0.262 e. The number of rotatable bonds is 2. The molecule has 112 valence electrons. The minimum absolute atomic E-state index is 0.00398. The zero-order chi connectivity index (χ0) is 16.0. The van der Waals surface area contributed by atoms with Crippen LogP contribution in [0.1, 0.15) is 26.3 Å². The molecule has 1 aromatic heterocycles. The molecule has 2 heterocycles. The Kier molecular flexibility index (Phi) is 2.98. The van der Waals surface area contributed by atoms with Crippen LogP contribution in [0.4, 0.5) is 5.82 Å². The van der Waals surface area contributed by atoms with Crippen LogP contribution in [0.3, 0.4) is 0 Å². The first-order chi connectivity index (χ1) is 10.5. The Morgan fingerprint density at radius 2 is 1.91 bits per heavy atom. The normalized spacial score (nSPS) is 13.0. The van der Waals surface area contributed by atoms with Gasteiger partial charge in [0.15, 0.2) is 0 Å². The van der Waals surface area contributed by atoms with E-state index in [2.05, 4.69) is 5.32 Å². The van der Waals surface area contributed by atoms with E-state index in [1.54, 1.807) is 25.1 Å². The number of pyridine rings is 1. The van der Waals surface area contributed by atoms with Gasteiger partial charge in [-0.05, 0) is 19.1 Å². The number of nitrogens with zero attached hydrogens (tertiary/aromatic N) is 1. The van der Waals surface area contributed by atoms with E-state index in [4.69, 9.17) is 10.5 Å². The molecule has 2 aromatic rings. The molecule has 0 saturated carbocycles. The second kappa shape index (κ2) is 4.73. The van der Waals surface area contributed by atoms with Crippen molar-refractivity contribution in [3.8, 4) is 11.4 Å². The van der Waals surface area contributed by atoms with Gasteiger partial charge in [-0.25, -0.2) is 0 Å². The van der Waals surface area contributed by atoms with Crippen molar-refractivity contribution in [1.29, 1.82) is 0 Å². The van der Waals surface area contributed by atoms with Crippen LogP contribution in [0.15, 0.2) is 29.1 Å². The first kappa shape index (κ1) is 13.9. The van der Waals surface area contributed by atoms with Crippen molar-refractivity contribution in [2.45, 2.75) is 6.92 Å². The van der Waals surface area contributed by atoms with Crippen molar-refractivity contribution in [2.24, 2.45) is 0 Å². The summed E-state index contributed by atoms with van der Waals surface area (Å²) in [5.41, 5.74) is 6.72. The zero-order valence-electron chi connectivity index (χ0n) is 12.0. The Morgan fingerprint density at radius 1 is 1.18 bits per heavy atom. The minimum atomic E-state index is -0.613. The quantitative estimate of drug-likeness (QED) is 0.791. The largest absolute Gasteiger partial charge is 0.496 e. The van der Waals surface area contributed by atoms with E-state index in [1.807, 2.05) is 0 Å². The van der Waals surface area contributed by atoms with Crippen LogP contribution in [-0.4, -0.2) is 23.5 Å². The maximum Gasteiger partial charge on any atom is 0.262 e. The van der Waals surface area contributed by atoms with Gasteiger partial charge < -0.3 is 10.5 Å². The minimum Gasteiger partial charge on any atom is -0.496 e. The van der Waals surface area contributed by atoms with Crippen LogP contribution in [0.5, 0.6) is 5.75 Å². The molecule has 3 N–H and O–H groups in total. The summed E-state index contributed by atoms with van der Waals surface area (Å²) in [6, 6.07) is 6.27. The first-order valence-corrected chi connectivity index (χ1v) is 6.51. The average molecular weight is 299 g/mol. The van der Waals surface area contributed by atoms with Crippen molar-refractivity contribution in [2.75, 3.05) is 12.8 Å². The lowest BCUT2D eigenvalue weighted by molar-refractivity contribution is 0.0880. The number of methoxy groups -OCH3 is 1. The van der Waals surface area contributed by atoms with Gasteiger partial charge in [0.05, 0.1) is 23.9 Å². The molecule has 7 nitrogen and oxygen atoms in total. The molecule has 1 aliphatic rings. The highest BCUT2D eigenvalue weighted by molar-refractivity contribution is 6.23. The monoisotopic (exact) mass is 299 g/mol. The molecule has 7 heteroatoms. The van der Waals surface area contributed by atoms with Crippen molar-refractivity contribution in [3.63, 3.8) is 0 Å². The third kappa shape index (κ3) is 1.79. The Hall–Kier alpha value is -3.09. The molecule has 0 saturated heterocycles. The van der Waals surface area contributed by atoms with E-state index < -0.39 is 17.4 Å². The summed E-state index contributed by atoms with van der Waals surface area (Å²) >= 11 is 0. The molecular formula is C15H13N3O4. The summed E-state index contributed by atoms with van der Waals surface area (Å²) in [4.78, 5) is 35.8. The highest BCUT2D eigenvalue weighted by Crippen LogP contribution is 2.27. The average Bonchev–Trinajstić information content (AvgIpc) is 2.75. The topological polar surface area (TPSA) is 103 Å². The van der Waals surface area contributed by atoms with Gasteiger partial charge in [-0.3, -0.25) is 24.3 Å². The number of ether oxygens (including phenoxy) is 1. The zero-order valence-corrected chi connectivity index (χ0v) is 12.0. The van der Waals surface area contributed by atoms with E-state index in [1.165, 1.54) is 11.7 Å². The van der Waals surface area contributed by atoms with Crippen molar-refractivity contribution in [3.05, 3.63) is 51.3 Å². The maximum absolute atomic E-state index is 12.4. The van der Waals surface area contributed by atoms with E-state index in [0.29, 0.717) is 17.0 Å². The summed E-state index contributed by atoms with van der Waals surface area (Å²) in [7, 11) is 1.52. The number of imide groups is 1. The second-order valence-electron chi connectivity index (χ2n) is 4.88. The van der Waals surface area contributed by atoms with Crippen LogP contribution in [0.2, 0.25) is 0 Å². The number of hydrogen-bond donors (Lipinski definition) is 2. The van der Waals surface area contributed by atoms with E-state index in [9.17, 15) is 14.4 Å². The lowest BCUT2D eigenvalue weighted by Crippen LogP contribution is -2.24. The highest BCUT2D eigenvalue weighted by Gasteiger charge is 2.32. The van der Waals surface area contributed by atoms with Gasteiger partial charge >= 0.3 is 0 Å². The van der Waals surface area contributed by atoms with E-state index in [0.717, 1.165) is 6.07 Å². The predicted molar refractivity (Wildman–Crippen MR) is 79.5 cm³/mol. The molecule has 1 aromatic carbocycles. The summed E-state index contributed by atoms with van der Waals surface area (Å²) in [5, 5.41) is 2.13. The van der Waals surface area contributed by atoms with Gasteiger partial charge in [-0.1, -0.05) is 6.07 Å². The number of fused-ring (bicyclic) bond motifs is 1. The van der Waals surface area contributed by atoms with Crippen LogP contribution in [0.25, 0.3) is 5.69 Å². The third-order valence-corrected chi connectivity index (χ3v) is 3.67. The molecule has 0 bridgehead atoms. The number of anilines is 1. The van der Waals surface area contributed by atoms with Gasteiger partial charge in [0.1, 0.15) is 11.6 Å². The van der Waals surface area contributed by atoms with Gasteiger partial charge in [-0.2, -0.15) is 0 Å². The number of carbonyl (C=O) groups is 2. The van der Waals surface area contributed by atoms with Crippen LogP contribution in [0, 0.1) is 6.92 Å². The Morgan fingerprint density at radius 3 is 2.59 bits per heavy atom. The number of amides is 2. The summed E-state index contributed by atoms with van der Waals surface area (Å²) < 4.78 is 6.43. The van der Waals surface area contributed by atoms with E-state index in [-0.39, 0.29) is 16.9 Å². The molecule has 0 atom stereocenters. The number of nitrogen functional groups attached to an aromatic ring is 1. The Balaban J connectivity index is 2.35. The number of benzene rings is 1. The fourth-order valence-electron chi connectivity index (χ4n) is 2.59.